The molecule has 0 aromatic carbocycles. The largest absolute Gasteiger partial charge is 0.466 e. The Balaban J connectivity index is 2.33. The molecule has 0 radical (unpaired) electrons. The molecule has 1 fully saturated rings. The Morgan fingerprint density at radius 2 is 2.00 bits per heavy atom. The number of anilines is 1. The molecule has 1 aliphatic heterocycles. The third-order valence-corrected chi connectivity index (χ3v) is 4.86. The number of nitrogens with zero attached hydrogens (tertiary/aromatic N) is 3. The van der Waals surface area contributed by atoms with E-state index in [0.717, 1.165) is 35.9 Å². The summed E-state index contributed by atoms with van der Waals surface area (Å²) in [6.45, 7) is 13.9. The van der Waals surface area contributed by atoms with E-state index in [1.165, 1.54) is 0 Å². The van der Waals surface area contributed by atoms with Gasteiger partial charge in [-0.2, -0.15) is 0 Å². The highest BCUT2D eigenvalue weighted by Gasteiger charge is 2.48. The quantitative estimate of drug-likeness (QED) is 0.801. The van der Waals surface area contributed by atoms with E-state index >= 15 is 0 Å². The summed E-state index contributed by atoms with van der Waals surface area (Å²) < 4.78 is 5.35. The Labute approximate surface area is 133 Å². The van der Waals surface area contributed by atoms with Crippen LogP contribution in [0, 0.1) is 32.1 Å². The van der Waals surface area contributed by atoms with Gasteiger partial charge in [-0.25, -0.2) is 9.97 Å². The standard InChI is InChI=1S/C17H27N3O2/c1-7-22-16(21)17(11(2)3)8-9-20(10-17)15-12(4)13(5)18-14(6)19-15/h11H,7-10H2,1-6H3. The molecule has 1 aromatic rings. The van der Waals surface area contributed by atoms with Gasteiger partial charge in [0.2, 0.25) is 0 Å². The third-order valence-electron chi connectivity index (χ3n) is 4.86. The summed E-state index contributed by atoms with van der Waals surface area (Å²) in [6.07, 6.45) is 0.811. The number of carbonyl (C=O) groups excluding carboxylic acids is 1. The van der Waals surface area contributed by atoms with Crippen molar-refractivity contribution in [3.63, 3.8) is 0 Å². The van der Waals surface area contributed by atoms with Gasteiger partial charge in [-0.15, -0.1) is 0 Å². The molecule has 0 amide bonds. The highest BCUT2D eigenvalue weighted by atomic mass is 16.5. The highest BCUT2D eigenvalue weighted by molar-refractivity contribution is 5.79. The molecule has 22 heavy (non-hydrogen) atoms. The molecule has 2 heterocycles. The lowest BCUT2D eigenvalue weighted by atomic mass is 9.76. The number of rotatable bonds is 4. The molecule has 1 saturated heterocycles. The van der Waals surface area contributed by atoms with Gasteiger partial charge in [0.05, 0.1) is 12.0 Å². The lowest BCUT2D eigenvalue weighted by Gasteiger charge is -2.31. The smallest absolute Gasteiger partial charge is 0.314 e. The molecule has 1 aromatic heterocycles. The number of esters is 1. The normalized spacial score (nSPS) is 21.5. The van der Waals surface area contributed by atoms with Crippen LogP contribution in [0.4, 0.5) is 5.82 Å². The minimum Gasteiger partial charge on any atom is -0.466 e. The van der Waals surface area contributed by atoms with E-state index in [0.29, 0.717) is 13.2 Å². The number of aryl methyl sites for hydroxylation is 2. The number of hydrogen-bond donors (Lipinski definition) is 0. The maximum atomic E-state index is 12.5. The first-order valence-electron chi connectivity index (χ1n) is 8.06. The minimum atomic E-state index is -0.435. The van der Waals surface area contributed by atoms with Crippen LogP contribution in [0.2, 0.25) is 0 Å². The molecule has 0 aliphatic carbocycles. The molecule has 1 aliphatic rings. The monoisotopic (exact) mass is 305 g/mol. The Morgan fingerprint density at radius 3 is 2.59 bits per heavy atom. The van der Waals surface area contributed by atoms with Crippen molar-refractivity contribution in [2.45, 2.75) is 48.0 Å². The lowest BCUT2D eigenvalue weighted by Crippen LogP contribution is -2.41. The fourth-order valence-corrected chi connectivity index (χ4v) is 3.22. The number of aromatic nitrogens is 2. The van der Waals surface area contributed by atoms with E-state index in [1.54, 1.807) is 0 Å². The first-order valence-corrected chi connectivity index (χ1v) is 8.06. The molecule has 0 saturated carbocycles. The summed E-state index contributed by atoms with van der Waals surface area (Å²) in [6, 6.07) is 0. The highest BCUT2D eigenvalue weighted by Crippen LogP contribution is 2.41. The molecule has 5 nitrogen and oxygen atoms in total. The van der Waals surface area contributed by atoms with E-state index < -0.39 is 5.41 Å². The molecular weight excluding hydrogens is 278 g/mol. The summed E-state index contributed by atoms with van der Waals surface area (Å²) in [4.78, 5) is 23.8. The molecule has 0 bridgehead atoms. The van der Waals surface area contributed by atoms with Crippen molar-refractivity contribution >= 4 is 11.8 Å². The average Bonchev–Trinajstić information content (AvgIpc) is 2.89. The second-order valence-corrected chi connectivity index (χ2v) is 6.51. The molecule has 0 N–H and O–H groups in total. The van der Waals surface area contributed by atoms with Gasteiger partial charge in [0, 0.05) is 24.3 Å². The van der Waals surface area contributed by atoms with E-state index in [-0.39, 0.29) is 11.9 Å². The van der Waals surface area contributed by atoms with Crippen molar-refractivity contribution in [1.29, 1.82) is 0 Å². The van der Waals surface area contributed by atoms with Gasteiger partial charge in [0.1, 0.15) is 11.6 Å². The molecule has 2 rings (SSSR count). The summed E-state index contributed by atoms with van der Waals surface area (Å²) in [5.74, 6) is 1.89. The van der Waals surface area contributed by atoms with Gasteiger partial charge in [0.25, 0.3) is 0 Å². The van der Waals surface area contributed by atoms with E-state index in [4.69, 9.17) is 4.74 Å². The second-order valence-electron chi connectivity index (χ2n) is 6.51. The Bertz CT molecular complexity index is 571. The van der Waals surface area contributed by atoms with Crippen molar-refractivity contribution in [3.05, 3.63) is 17.1 Å². The minimum absolute atomic E-state index is 0.0762. The van der Waals surface area contributed by atoms with Crippen LogP contribution in [0.3, 0.4) is 0 Å². The molecule has 1 unspecified atom stereocenters. The zero-order chi connectivity index (χ0) is 16.5. The van der Waals surface area contributed by atoms with Crippen LogP contribution in [0.15, 0.2) is 0 Å². The SMILES string of the molecule is CCOC(=O)C1(C(C)C)CCN(c2nc(C)nc(C)c2C)C1. The Kier molecular flexibility index (Phi) is 4.73. The lowest BCUT2D eigenvalue weighted by molar-refractivity contribution is -0.156. The van der Waals surface area contributed by atoms with Gasteiger partial charge in [-0.3, -0.25) is 4.79 Å². The summed E-state index contributed by atoms with van der Waals surface area (Å²) in [5.41, 5.74) is 1.66. The number of hydrogen-bond acceptors (Lipinski definition) is 5. The van der Waals surface area contributed by atoms with E-state index in [9.17, 15) is 4.79 Å². The van der Waals surface area contributed by atoms with Crippen molar-refractivity contribution in [3.8, 4) is 0 Å². The first-order chi connectivity index (χ1) is 10.3. The fourth-order valence-electron chi connectivity index (χ4n) is 3.22. The molecule has 0 spiro atoms. The fraction of sp³-hybridized carbons (Fsp3) is 0.706. The molecule has 5 heteroatoms. The Morgan fingerprint density at radius 1 is 1.32 bits per heavy atom. The van der Waals surface area contributed by atoms with Crippen LogP contribution in [0.25, 0.3) is 0 Å². The van der Waals surface area contributed by atoms with Gasteiger partial charge < -0.3 is 9.64 Å². The van der Waals surface area contributed by atoms with Crippen LogP contribution in [0.1, 0.15) is 44.3 Å². The summed E-state index contributed by atoms with van der Waals surface area (Å²) in [7, 11) is 0. The van der Waals surface area contributed by atoms with Gasteiger partial charge in [-0.05, 0) is 40.0 Å². The van der Waals surface area contributed by atoms with Gasteiger partial charge >= 0.3 is 5.97 Å². The van der Waals surface area contributed by atoms with Crippen LogP contribution < -0.4 is 4.90 Å². The van der Waals surface area contributed by atoms with E-state index in [2.05, 4.69) is 28.7 Å². The topological polar surface area (TPSA) is 55.3 Å². The number of ether oxygens (including phenoxy) is 1. The van der Waals surface area contributed by atoms with Gasteiger partial charge in [-0.1, -0.05) is 13.8 Å². The summed E-state index contributed by atoms with van der Waals surface area (Å²) >= 11 is 0. The van der Waals surface area contributed by atoms with Crippen molar-refractivity contribution in [2.75, 3.05) is 24.6 Å². The summed E-state index contributed by atoms with van der Waals surface area (Å²) in [5, 5.41) is 0. The van der Waals surface area contributed by atoms with Gasteiger partial charge in [0.15, 0.2) is 0 Å². The molecule has 1 atom stereocenters. The third kappa shape index (κ3) is 2.81. The molecular formula is C17H27N3O2. The van der Waals surface area contributed by atoms with Crippen LogP contribution in [-0.4, -0.2) is 35.6 Å². The van der Waals surface area contributed by atoms with Crippen LogP contribution in [0.5, 0.6) is 0 Å². The van der Waals surface area contributed by atoms with Crippen molar-refractivity contribution in [2.24, 2.45) is 11.3 Å². The zero-order valence-corrected chi connectivity index (χ0v) is 14.6. The molecule has 122 valence electrons. The Hall–Kier alpha value is -1.65. The van der Waals surface area contributed by atoms with Crippen molar-refractivity contribution < 1.29 is 9.53 Å². The first kappa shape index (κ1) is 16.7. The van der Waals surface area contributed by atoms with Crippen LogP contribution in [-0.2, 0) is 9.53 Å². The van der Waals surface area contributed by atoms with Crippen molar-refractivity contribution in [1.82, 2.24) is 9.97 Å². The predicted molar refractivity (Wildman–Crippen MR) is 87.0 cm³/mol. The maximum absolute atomic E-state index is 12.5. The second kappa shape index (κ2) is 6.23. The van der Waals surface area contributed by atoms with Crippen LogP contribution >= 0.6 is 0 Å². The maximum Gasteiger partial charge on any atom is 0.314 e. The van der Waals surface area contributed by atoms with E-state index in [1.807, 2.05) is 27.7 Å². The average molecular weight is 305 g/mol. The number of carbonyl (C=O) groups is 1. The predicted octanol–water partition coefficient (Wildman–Crippen LogP) is 2.82. The zero-order valence-electron chi connectivity index (χ0n) is 14.6.